The average molecular weight is 270 g/mol. The molecule has 0 heterocycles. The van der Waals surface area contributed by atoms with E-state index in [-0.39, 0.29) is 17.5 Å². The van der Waals surface area contributed by atoms with Crippen LogP contribution in [0, 0.1) is 5.41 Å². The van der Waals surface area contributed by atoms with E-state index in [9.17, 15) is 4.79 Å². The van der Waals surface area contributed by atoms with Crippen LogP contribution < -0.4 is 0 Å². The molecule has 0 unspecified atom stereocenters. The Morgan fingerprint density at radius 2 is 1.42 bits per heavy atom. The van der Waals surface area contributed by atoms with Gasteiger partial charge in [-0.25, -0.2) is 0 Å². The third-order valence-corrected chi connectivity index (χ3v) is 3.97. The molecule has 0 rings (SSSR count). The molecule has 0 aliphatic rings. The largest absolute Gasteiger partial charge is 0.462 e. The summed E-state index contributed by atoms with van der Waals surface area (Å²) in [5.74, 6) is -0.0204. The van der Waals surface area contributed by atoms with E-state index in [1.54, 1.807) is 0 Å². The third-order valence-electron chi connectivity index (χ3n) is 3.97. The summed E-state index contributed by atoms with van der Waals surface area (Å²) in [6, 6.07) is 0. The molecule has 0 saturated heterocycles. The highest BCUT2D eigenvalue weighted by molar-refractivity contribution is 5.75. The Bertz CT molecular complexity index is 223. The maximum Gasteiger partial charge on any atom is 0.311 e. The van der Waals surface area contributed by atoms with Gasteiger partial charge in [0.15, 0.2) is 0 Å². The Kier molecular flexibility index (Phi) is 9.99. The van der Waals surface area contributed by atoms with Crippen molar-refractivity contribution < 1.29 is 9.53 Å². The molecular weight excluding hydrogens is 236 g/mol. The van der Waals surface area contributed by atoms with E-state index in [2.05, 4.69) is 13.8 Å². The Hall–Kier alpha value is -0.530. The smallest absolute Gasteiger partial charge is 0.311 e. The van der Waals surface area contributed by atoms with Crippen molar-refractivity contribution in [2.45, 2.75) is 98.5 Å². The molecule has 0 N–H and O–H groups in total. The topological polar surface area (TPSA) is 26.3 Å². The van der Waals surface area contributed by atoms with Crippen LogP contribution in [0.25, 0.3) is 0 Å². The van der Waals surface area contributed by atoms with Crippen LogP contribution in [0.5, 0.6) is 0 Å². The minimum atomic E-state index is -0.340. The van der Waals surface area contributed by atoms with Crippen molar-refractivity contribution in [2.24, 2.45) is 5.41 Å². The number of hydrogen-bond acceptors (Lipinski definition) is 2. The number of carbonyl (C=O) groups is 1. The second-order valence-corrected chi connectivity index (χ2v) is 6.26. The highest BCUT2D eigenvalue weighted by Gasteiger charge is 2.29. The van der Waals surface area contributed by atoms with Gasteiger partial charge in [-0.15, -0.1) is 0 Å². The van der Waals surface area contributed by atoms with Gasteiger partial charge < -0.3 is 4.74 Å². The second-order valence-electron chi connectivity index (χ2n) is 6.26. The molecule has 0 atom stereocenters. The number of hydrogen-bond donors (Lipinski definition) is 0. The molecule has 114 valence electrons. The minimum absolute atomic E-state index is 0.0204. The molecular formula is C17H34O2. The van der Waals surface area contributed by atoms with E-state index in [0.717, 1.165) is 19.3 Å². The first-order valence-corrected chi connectivity index (χ1v) is 8.19. The lowest BCUT2D eigenvalue weighted by molar-refractivity contribution is -0.160. The van der Waals surface area contributed by atoms with Crippen molar-refractivity contribution in [1.29, 1.82) is 0 Å². The Morgan fingerprint density at radius 1 is 0.947 bits per heavy atom. The van der Waals surface area contributed by atoms with E-state index >= 15 is 0 Å². The summed E-state index contributed by atoms with van der Waals surface area (Å²) in [5.41, 5.74) is -0.340. The van der Waals surface area contributed by atoms with E-state index in [0.29, 0.717) is 0 Å². The van der Waals surface area contributed by atoms with Crippen LogP contribution in [-0.2, 0) is 9.53 Å². The van der Waals surface area contributed by atoms with Crippen LogP contribution in [0.1, 0.15) is 92.4 Å². The Labute approximate surface area is 120 Å². The number of unbranched alkanes of at least 4 members (excludes halogenated alkanes) is 4. The van der Waals surface area contributed by atoms with Crippen molar-refractivity contribution in [2.75, 3.05) is 0 Å². The van der Waals surface area contributed by atoms with Crippen LogP contribution in [0.15, 0.2) is 0 Å². The number of carbonyl (C=O) groups excluding carboxylic acids is 1. The fraction of sp³-hybridized carbons (Fsp3) is 0.941. The average Bonchev–Trinajstić information content (AvgIpc) is 2.38. The van der Waals surface area contributed by atoms with Gasteiger partial charge in [0, 0.05) is 0 Å². The Morgan fingerprint density at radius 3 is 1.79 bits per heavy atom. The van der Waals surface area contributed by atoms with E-state index < -0.39 is 0 Å². The van der Waals surface area contributed by atoms with Crippen molar-refractivity contribution in [3.05, 3.63) is 0 Å². The summed E-state index contributed by atoms with van der Waals surface area (Å²) in [7, 11) is 0. The number of ether oxygens (including phenoxy) is 1. The van der Waals surface area contributed by atoms with Gasteiger partial charge >= 0.3 is 5.97 Å². The molecule has 0 aliphatic heterocycles. The molecule has 0 aromatic rings. The maximum atomic E-state index is 12.1. The molecule has 0 aliphatic carbocycles. The van der Waals surface area contributed by atoms with Gasteiger partial charge in [-0.2, -0.15) is 0 Å². The van der Waals surface area contributed by atoms with Crippen LogP contribution in [0.3, 0.4) is 0 Å². The van der Waals surface area contributed by atoms with E-state index in [4.69, 9.17) is 4.74 Å². The predicted octanol–water partition coefficient (Wildman–Crippen LogP) is 5.50. The predicted molar refractivity (Wildman–Crippen MR) is 82.2 cm³/mol. The fourth-order valence-corrected chi connectivity index (χ4v) is 1.96. The molecule has 0 saturated carbocycles. The van der Waals surface area contributed by atoms with Crippen molar-refractivity contribution in [1.82, 2.24) is 0 Å². The summed E-state index contributed by atoms with van der Waals surface area (Å²) in [6.45, 7) is 10.4. The van der Waals surface area contributed by atoms with Crippen molar-refractivity contribution in [3.63, 3.8) is 0 Å². The summed E-state index contributed by atoms with van der Waals surface area (Å²) in [5, 5.41) is 0. The van der Waals surface area contributed by atoms with Crippen molar-refractivity contribution >= 4 is 5.97 Å². The SMILES string of the molecule is CCCCCC(CCCCC)OC(=O)C(C)(C)CC. The van der Waals surface area contributed by atoms with Crippen LogP contribution >= 0.6 is 0 Å². The second kappa shape index (κ2) is 10.3. The van der Waals surface area contributed by atoms with Gasteiger partial charge in [0.05, 0.1) is 5.41 Å². The molecule has 0 radical (unpaired) electrons. The maximum absolute atomic E-state index is 12.1. The van der Waals surface area contributed by atoms with Gasteiger partial charge in [-0.1, -0.05) is 46.5 Å². The lowest BCUT2D eigenvalue weighted by Gasteiger charge is -2.25. The molecule has 0 spiro atoms. The van der Waals surface area contributed by atoms with E-state index in [1.165, 1.54) is 38.5 Å². The molecule has 2 nitrogen and oxygen atoms in total. The van der Waals surface area contributed by atoms with E-state index in [1.807, 2.05) is 20.8 Å². The van der Waals surface area contributed by atoms with Crippen LogP contribution in [0.2, 0.25) is 0 Å². The van der Waals surface area contributed by atoms with Gasteiger partial charge in [-0.3, -0.25) is 4.79 Å². The molecule has 0 amide bonds. The molecule has 0 fully saturated rings. The van der Waals surface area contributed by atoms with Crippen LogP contribution in [-0.4, -0.2) is 12.1 Å². The standard InChI is InChI=1S/C17H34O2/c1-6-9-11-13-15(14-12-10-7-2)19-16(18)17(4,5)8-3/h15H,6-14H2,1-5H3. The minimum Gasteiger partial charge on any atom is -0.462 e. The zero-order valence-corrected chi connectivity index (χ0v) is 13.8. The molecule has 0 aromatic heterocycles. The molecule has 0 aromatic carbocycles. The first-order valence-electron chi connectivity index (χ1n) is 8.19. The first kappa shape index (κ1) is 18.5. The summed E-state index contributed by atoms with van der Waals surface area (Å²) in [4.78, 5) is 12.1. The van der Waals surface area contributed by atoms with Gasteiger partial charge in [0.2, 0.25) is 0 Å². The molecule has 2 heteroatoms. The monoisotopic (exact) mass is 270 g/mol. The number of esters is 1. The number of rotatable bonds is 11. The Balaban J connectivity index is 4.26. The third kappa shape index (κ3) is 8.28. The lowest BCUT2D eigenvalue weighted by Crippen LogP contribution is -2.30. The van der Waals surface area contributed by atoms with Gasteiger partial charge in [0.1, 0.15) is 6.10 Å². The molecule has 0 bridgehead atoms. The van der Waals surface area contributed by atoms with Gasteiger partial charge in [0.25, 0.3) is 0 Å². The highest BCUT2D eigenvalue weighted by Crippen LogP contribution is 2.24. The summed E-state index contributed by atoms with van der Waals surface area (Å²) >= 11 is 0. The van der Waals surface area contributed by atoms with Gasteiger partial charge in [-0.05, 0) is 46.0 Å². The summed E-state index contributed by atoms with van der Waals surface area (Å²) < 4.78 is 5.76. The molecule has 19 heavy (non-hydrogen) atoms. The zero-order chi connectivity index (χ0) is 14.7. The normalized spacial score (nSPS) is 11.9. The quantitative estimate of drug-likeness (QED) is 0.366. The van der Waals surface area contributed by atoms with Crippen molar-refractivity contribution in [3.8, 4) is 0 Å². The summed E-state index contributed by atoms with van der Waals surface area (Å²) in [6.07, 6.45) is 10.3. The van der Waals surface area contributed by atoms with Crippen LogP contribution in [0.4, 0.5) is 0 Å². The lowest BCUT2D eigenvalue weighted by atomic mass is 9.90. The highest BCUT2D eigenvalue weighted by atomic mass is 16.5. The first-order chi connectivity index (χ1) is 8.97. The zero-order valence-electron chi connectivity index (χ0n) is 13.8. The fourth-order valence-electron chi connectivity index (χ4n) is 1.96.